The molecule has 16 nitrogen and oxygen atoms in total. The summed E-state index contributed by atoms with van der Waals surface area (Å²) in [5, 5.41) is 14.8. The van der Waals surface area contributed by atoms with Crippen LogP contribution >= 0.6 is 11.3 Å². The summed E-state index contributed by atoms with van der Waals surface area (Å²) in [5.74, 6) is -3.52. The van der Waals surface area contributed by atoms with E-state index in [2.05, 4.69) is 31.2 Å². The number of aromatic amines is 1. The lowest BCUT2D eigenvalue weighted by Gasteiger charge is -2.34. The van der Waals surface area contributed by atoms with Gasteiger partial charge in [0, 0.05) is 36.1 Å². The monoisotopic (exact) mass is 827 g/mol. The van der Waals surface area contributed by atoms with Gasteiger partial charge >= 0.3 is 0 Å². The molecule has 3 aromatic heterocycles. The van der Waals surface area contributed by atoms with Crippen molar-refractivity contribution < 1.29 is 33.2 Å². The van der Waals surface area contributed by atoms with Crippen LogP contribution in [0.4, 0.5) is 0 Å². The van der Waals surface area contributed by atoms with E-state index in [1.54, 1.807) is 15.2 Å². The van der Waals surface area contributed by atoms with E-state index in [1.807, 2.05) is 71.9 Å². The predicted molar refractivity (Wildman–Crippen MR) is 219 cm³/mol. The zero-order chi connectivity index (χ0) is 42.1. The highest BCUT2D eigenvalue weighted by molar-refractivity contribution is 7.09. The number of carbonyl (C=O) groups excluding carboxylic acids is 6. The average molecular weight is 828 g/mol. The maximum Gasteiger partial charge on any atom is 0.273 e. The fourth-order valence-electron chi connectivity index (χ4n) is 8.21. The van der Waals surface area contributed by atoms with E-state index in [4.69, 9.17) is 9.40 Å². The van der Waals surface area contributed by atoms with Gasteiger partial charge in [-0.2, -0.15) is 0 Å². The van der Waals surface area contributed by atoms with Gasteiger partial charge in [-0.1, -0.05) is 59.7 Å². The van der Waals surface area contributed by atoms with Crippen molar-refractivity contribution in [1.29, 1.82) is 0 Å². The summed E-state index contributed by atoms with van der Waals surface area (Å²) in [5.41, 5.74) is 1.74. The Kier molecular flexibility index (Phi) is 12.2. The van der Waals surface area contributed by atoms with Crippen LogP contribution in [0.15, 0.2) is 46.4 Å². The van der Waals surface area contributed by atoms with Crippen molar-refractivity contribution in [2.45, 2.75) is 110 Å². The molecule has 17 heteroatoms. The smallest absolute Gasteiger partial charge is 0.273 e. The van der Waals surface area contributed by atoms with Crippen LogP contribution in [-0.4, -0.2) is 97.5 Å². The molecule has 3 aliphatic heterocycles. The number of nitrogens with zero attached hydrogens (tertiary/aromatic N) is 4. The number of thiazole rings is 1. The van der Waals surface area contributed by atoms with Gasteiger partial charge in [-0.05, 0) is 61.0 Å². The highest BCUT2D eigenvalue weighted by Crippen LogP contribution is 2.30. The van der Waals surface area contributed by atoms with Crippen molar-refractivity contribution >= 4 is 57.7 Å². The lowest BCUT2D eigenvalue weighted by Crippen LogP contribution is -2.57. The second kappa shape index (κ2) is 17.3. The number of para-hydroxylation sites is 1. The van der Waals surface area contributed by atoms with E-state index < -0.39 is 59.9 Å². The first-order valence-electron chi connectivity index (χ1n) is 20.5. The Labute approximate surface area is 346 Å². The van der Waals surface area contributed by atoms with Gasteiger partial charge in [0.15, 0.2) is 5.69 Å². The minimum absolute atomic E-state index is 0.0682. The molecule has 0 saturated carbocycles. The lowest BCUT2D eigenvalue weighted by molar-refractivity contribution is -0.147. The van der Waals surface area contributed by atoms with E-state index in [-0.39, 0.29) is 53.3 Å². The quantitative estimate of drug-likeness (QED) is 0.196. The molecule has 3 aliphatic rings. The van der Waals surface area contributed by atoms with Crippen LogP contribution in [0.3, 0.4) is 0 Å². The van der Waals surface area contributed by atoms with Gasteiger partial charge in [-0.25, -0.2) is 9.97 Å². The number of aromatic nitrogens is 3. The van der Waals surface area contributed by atoms with Gasteiger partial charge < -0.3 is 40.5 Å². The molecular weight excluding hydrogens is 775 g/mol. The molecule has 2 saturated heterocycles. The van der Waals surface area contributed by atoms with Gasteiger partial charge in [0.25, 0.3) is 11.8 Å². The summed E-state index contributed by atoms with van der Waals surface area (Å²) in [6.07, 6.45) is 3.55. The third-order valence-corrected chi connectivity index (χ3v) is 12.4. The number of nitrogens with one attached hydrogen (secondary N) is 5. The van der Waals surface area contributed by atoms with Crippen molar-refractivity contribution in [3.63, 3.8) is 0 Å². The second-order valence-corrected chi connectivity index (χ2v) is 17.7. The topological polar surface area (TPSA) is 212 Å². The van der Waals surface area contributed by atoms with E-state index >= 15 is 0 Å². The first-order chi connectivity index (χ1) is 28.2. The van der Waals surface area contributed by atoms with Crippen molar-refractivity contribution in [1.82, 2.24) is 46.0 Å². The van der Waals surface area contributed by atoms with Crippen LogP contribution in [-0.2, 0) is 25.6 Å². The number of fused-ring (bicyclic) bond motifs is 7. The third kappa shape index (κ3) is 8.75. The maximum atomic E-state index is 14.3. The Morgan fingerprint density at radius 2 is 1.37 bits per heavy atom. The maximum absolute atomic E-state index is 14.3. The van der Waals surface area contributed by atoms with Crippen LogP contribution in [0.25, 0.3) is 10.9 Å². The number of oxazole rings is 1. The zero-order valence-electron chi connectivity index (χ0n) is 34.2. The molecule has 59 heavy (non-hydrogen) atoms. The Hall–Kier alpha value is -5.58. The molecule has 0 radical (unpaired) electrons. The zero-order valence-corrected chi connectivity index (χ0v) is 35.1. The molecular formula is C42H53N9O7S. The molecule has 7 rings (SSSR count). The number of rotatable bonds is 5. The molecule has 2 fully saturated rings. The minimum Gasteiger partial charge on any atom is -0.446 e. The summed E-state index contributed by atoms with van der Waals surface area (Å²) in [4.78, 5) is 99.9. The van der Waals surface area contributed by atoms with E-state index in [1.165, 1.54) is 17.6 Å². The number of hydrogen-bond donors (Lipinski definition) is 5. The average Bonchev–Trinajstić information content (AvgIpc) is 4.05. The Morgan fingerprint density at radius 1 is 0.729 bits per heavy atom. The number of H-pyrrole nitrogens is 1. The first kappa shape index (κ1) is 41.6. The fraction of sp³-hybridized carbons (Fsp3) is 0.524. The largest absolute Gasteiger partial charge is 0.446 e. The highest BCUT2D eigenvalue weighted by atomic mass is 32.1. The van der Waals surface area contributed by atoms with Crippen LogP contribution in [0, 0.1) is 17.8 Å². The molecule has 0 aliphatic carbocycles. The fourth-order valence-corrected chi connectivity index (χ4v) is 9.06. The van der Waals surface area contributed by atoms with E-state index in [0.717, 1.165) is 16.6 Å². The van der Waals surface area contributed by atoms with Crippen LogP contribution < -0.4 is 21.3 Å². The van der Waals surface area contributed by atoms with Gasteiger partial charge in [0.05, 0.1) is 6.04 Å². The first-order valence-corrected chi connectivity index (χ1v) is 21.4. The SMILES string of the molecule is CC(C)[C@@H]1NC(=O)c2coc(n2)[C@H](C(C)C)NC(=O)[C@@H]2CCCN2C(=O)[C@@H]2CCCN2C(=O)[C@H](C(C)C)NC(=O)c2csc(n2)C(Cc2cc3ccccc3[nH]2)NC1=O. The highest BCUT2D eigenvalue weighted by Gasteiger charge is 2.45. The van der Waals surface area contributed by atoms with Crippen molar-refractivity contribution in [2.24, 2.45) is 17.8 Å². The number of amides is 6. The summed E-state index contributed by atoms with van der Waals surface area (Å²) < 4.78 is 5.79. The number of hydrogen-bond acceptors (Lipinski definition) is 10. The summed E-state index contributed by atoms with van der Waals surface area (Å²) in [6, 6.07) is 4.81. The normalized spacial score (nSPS) is 25.2. The van der Waals surface area contributed by atoms with Gasteiger partial charge in [-0.15, -0.1) is 11.3 Å². The molecule has 6 amide bonds. The molecule has 4 aromatic rings. The van der Waals surface area contributed by atoms with Crippen molar-refractivity contribution in [3.05, 3.63) is 70.0 Å². The molecule has 4 bridgehead atoms. The number of benzene rings is 1. The van der Waals surface area contributed by atoms with E-state index in [9.17, 15) is 28.8 Å². The second-order valence-electron chi connectivity index (χ2n) is 16.8. The summed E-state index contributed by atoms with van der Waals surface area (Å²) in [7, 11) is 0. The van der Waals surface area contributed by atoms with Crippen LogP contribution in [0.1, 0.15) is 117 Å². The Balaban J connectivity index is 1.25. The molecule has 6 heterocycles. The summed E-state index contributed by atoms with van der Waals surface area (Å²) >= 11 is 1.20. The summed E-state index contributed by atoms with van der Waals surface area (Å²) in [6.45, 7) is 11.7. The molecule has 1 aromatic carbocycles. The lowest BCUT2D eigenvalue weighted by atomic mass is 10.0. The van der Waals surface area contributed by atoms with Gasteiger partial charge in [-0.3, -0.25) is 28.8 Å². The van der Waals surface area contributed by atoms with Crippen molar-refractivity contribution in [2.75, 3.05) is 13.1 Å². The third-order valence-electron chi connectivity index (χ3n) is 11.5. The molecule has 314 valence electrons. The Morgan fingerprint density at radius 3 is 2.07 bits per heavy atom. The number of carbonyl (C=O) groups is 6. The van der Waals surface area contributed by atoms with Gasteiger partial charge in [0.2, 0.25) is 29.5 Å². The van der Waals surface area contributed by atoms with Crippen LogP contribution in [0.2, 0.25) is 0 Å². The minimum atomic E-state index is -1.00. The van der Waals surface area contributed by atoms with Crippen LogP contribution in [0.5, 0.6) is 0 Å². The predicted octanol–water partition coefficient (Wildman–Crippen LogP) is 4.03. The van der Waals surface area contributed by atoms with E-state index in [0.29, 0.717) is 43.8 Å². The van der Waals surface area contributed by atoms with Crippen molar-refractivity contribution in [3.8, 4) is 0 Å². The molecule has 5 N–H and O–H groups in total. The molecule has 0 spiro atoms. The Bertz CT molecular complexity index is 2190. The molecule has 1 unspecified atom stereocenters. The molecule has 6 atom stereocenters. The van der Waals surface area contributed by atoms with Gasteiger partial charge in [0.1, 0.15) is 47.2 Å². The standard InChI is InChI=1S/C42H53N9O7S/c1-21(2)32-38(55)44-27(18-25-17-24-11-7-8-12-26(24)43-25)40-46-29(20-59-40)36(53)49-34(23(5)6)42(57)51-16-10-14-31(51)41(56)50-15-9-13-30(50)37(54)48-33(22(3)4)39-45-28(19-58-39)35(52)47-32/h7-8,11-12,17,19-23,27,30-34,43H,9-10,13-16,18H2,1-6H3,(H,44,55)(H,47,52)(H,48,54)(H,49,53)/t27?,30-,31-,32-,33-,34-/m0/s1.